The van der Waals surface area contributed by atoms with Crippen LogP contribution in [-0.2, 0) is 4.74 Å². The lowest BCUT2D eigenvalue weighted by Gasteiger charge is -2.15. The van der Waals surface area contributed by atoms with Crippen molar-refractivity contribution < 1.29 is 25.5 Å². The Hall–Kier alpha value is -1.63. The third-order valence-corrected chi connectivity index (χ3v) is 4.31. The average Bonchev–Trinajstić information content (AvgIpc) is 2.89. The summed E-state index contributed by atoms with van der Waals surface area (Å²) in [6.07, 6.45) is -4.94. The Bertz CT molecular complexity index is 797. The molecule has 1 fully saturated rings. The van der Waals surface area contributed by atoms with E-state index in [4.69, 9.17) is 9.84 Å². The topological polar surface area (TPSA) is 169 Å². The Balaban J connectivity index is 0.00000176. The predicted molar refractivity (Wildman–Crippen MR) is 75.9 cm³/mol. The lowest BCUT2D eigenvalue weighted by Crippen LogP contribution is -2.34. The molecule has 1 saturated heterocycles. The molecule has 0 amide bonds. The first-order valence-electron chi connectivity index (χ1n) is 6.18. The van der Waals surface area contributed by atoms with Gasteiger partial charge in [0.25, 0.3) is 5.56 Å². The molecule has 0 spiro atoms. The second-order valence-electron chi connectivity index (χ2n) is 4.77. The molecule has 0 unspecified atom stereocenters. The molecular formula is C11H15N3O7S. The highest BCUT2D eigenvalue weighted by molar-refractivity contribution is 7.16. The van der Waals surface area contributed by atoms with Crippen molar-refractivity contribution >= 4 is 21.7 Å². The van der Waals surface area contributed by atoms with E-state index in [0.717, 1.165) is 4.57 Å². The standard InChI is InChI=1S/C11H13N3O6S.H2O/c1-3-12-8-7(9(18)13-3)21-11(19)14(8)10-6(17)5(16)4(2-15)20-10;/h4-6,10,15-17H,2H2,1H3,(H,12,13,18);1H2/t4-,5-,6-,10-;/m1./s1. The average molecular weight is 333 g/mol. The molecule has 0 radical (unpaired) electrons. The summed E-state index contributed by atoms with van der Waals surface area (Å²) in [5.74, 6) is 0.311. The van der Waals surface area contributed by atoms with Crippen molar-refractivity contribution in [3.05, 3.63) is 25.8 Å². The van der Waals surface area contributed by atoms with E-state index >= 15 is 0 Å². The number of H-pyrrole nitrogens is 1. The van der Waals surface area contributed by atoms with Gasteiger partial charge < -0.3 is 30.5 Å². The zero-order valence-corrected chi connectivity index (χ0v) is 12.2. The lowest BCUT2D eigenvalue weighted by molar-refractivity contribution is -0.0518. The third-order valence-electron chi connectivity index (χ3n) is 3.36. The van der Waals surface area contributed by atoms with Gasteiger partial charge in [-0.05, 0) is 6.92 Å². The van der Waals surface area contributed by atoms with Crippen LogP contribution in [-0.4, -0.2) is 60.2 Å². The largest absolute Gasteiger partial charge is 0.412 e. The van der Waals surface area contributed by atoms with Crippen LogP contribution in [0.3, 0.4) is 0 Å². The van der Waals surface area contributed by atoms with Crippen LogP contribution in [0.25, 0.3) is 10.3 Å². The minimum atomic E-state index is -1.40. The van der Waals surface area contributed by atoms with Crippen LogP contribution in [0.5, 0.6) is 0 Å². The highest BCUT2D eigenvalue weighted by Crippen LogP contribution is 2.30. The Morgan fingerprint density at radius 2 is 2.05 bits per heavy atom. The number of hydrogen-bond acceptors (Lipinski definition) is 8. The fraction of sp³-hybridized carbons (Fsp3) is 0.545. The number of nitrogens with zero attached hydrogens (tertiary/aromatic N) is 2. The van der Waals surface area contributed by atoms with Gasteiger partial charge in [-0.25, -0.2) is 4.98 Å². The van der Waals surface area contributed by atoms with E-state index in [1.54, 1.807) is 6.92 Å². The van der Waals surface area contributed by atoms with Gasteiger partial charge in [0, 0.05) is 0 Å². The Labute approximate surface area is 126 Å². The van der Waals surface area contributed by atoms with Crippen LogP contribution in [0.15, 0.2) is 9.59 Å². The zero-order valence-electron chi connectivity index (χ0n) is 11.4. The number of rotatable bonds is 2. The van der Waals surface area contributed by atoms with E-state index in [9.17, 15) is 19.8 Å². The van der Waals surface area contributed by atoms with E-state index in [0.29, 0.717) is 17.2 Å². The van der Waals surface area contributed by atoms with Crippen molar-refractivity contribution in [2.75, 3.05) is 6.61 Å². The summed E-state index contributed by atoms with van der Waals surface area (Å²) < 4.78 is 6.46. The van der Waals surface area contributed by atoms with E-state index < -0.39 is 41.6 Å². The summed E-state index contributed by atoms with van der Waals surface area (Å²) in [5.41, 5.74) is -0.369. The molecule has 3 rings (SSSR count). The molecule has 0 saturated carbocycles. The number of thiazole rings is 1. The first kappa shape index (κ1) is 16.7. The van der Waals surface area contributed by atoms with Gasteiger partial charge in [0.2, 0.25) is 0 Å². The van der Waals surface area contributed by atoms with Crippen molar-refractivity contribution in [2.45, 2.75) is 31.5 Å². The van der Waals surface area contributed by atoms with E-state index in [1.807, 2.05) is 0 Å². The molecule has 1 aliphatic heterocycles. The van der Waals surface area contributed by atoms with Crippen LogP contribution in [0.1, 0.15) is 12.1 Å². The maximum absolute atomic E-state index is 12.1. The summed E-state index contributed by atoms with van der Waals surface area (Å²) in [5, 5.41) is 28.9. The molecule has 10 nitrogen and oxygen atoms in total. The summed E-state index contributed by atoms with van der Waals surface area (Å²) in [6, 6.07) is 0. The summed E-state index contributed by atoms with van der Waals surface area (Å²) in [6.45, 7) is 1.06. The van der Waals surface area contributed by atoms with Crippen LogP contribution in [0.2, 0.25) is 0 Å². The van der Waals surface area contributed by atoms with Gasteiger partial charge in [0.15, 0.2) is 11.9 Å². The normalized spacial score (nSPS) is 28.0. The van der Waals surface area contributed by atoms with Gasteiger partial charge in [-0.15, -0.1) is 0 Å². The Kier molecular flexibility index (Phi) is 4.47. The fourth-order valence-electron chi connectivity index (χ4n) is 2.36. The monoisotopic (exact) mass is 333 g/mol. The summed E-state index contributed by atoms with van der Waals surface area (Å²) >= 11 is 0.679. The third kappa shape index (κ3) is 2.37. The predicted octanol–water partition coefficient (Wildman–Crippen LogP) is -2.76. The van der Waals surface area contributed by atoms with Gasteiger partial charge in [0.1, 0.15) is 28.8 Å². The first-order valence-corrected chi connectivity index (χ1v) is 7.00. The fourth-order valence-corrected chi connectivity index (χ4v) is 3.20. The molecule has 3 heterocycles. The smallest absolute Gasteiger partial charge is 0.311 e. The number of fused-ring (bicyclic) bond motifs is 1. The zero-order chi connectivity index (χ0) is 15.3. The SMILES string of the molecule is Cc1nc2c(sc(=O)n2[C@@H]2O[C@H](CO)[C@@H](O)[C@H]2O)c(=O)[nH]1.O. The Morgan fingerprint density at radius 3 is 2.64 bits per heavy atom. The van der Waals surface area contributed by atoms with Crippen LogP contribution in [0, 0.1) is 6.92 Å². The second-order valence-corrected chi connectivity index (χ2v) is 5.73. The molecular weight excluding hydrogens is 318 g/mol. The van der Waals surface area contributed by atoms with Crippen molar-refractivity contribution in [2.24, 2.45) is 0 Å². The second kappa shape index (κ2) is 5.87. The number of aliphatic hydroxyl groups excluding tert-OH is 3. The number of aliphatic hydroxyl groups is 3. The lowest BCUT2D eigenvalue weighted by atomic mass is 10.1. The first-order chi connectivity index (χ1) is 9.93. The highest BCUT2D eigenvalue weighted by Gasteiger charge is 2.44. The van der Waals surface area contributed by atoms with Crippen molar-refractivity contribution in [3.63, 3.8) is 0 Å². The number of hydrogen-bond donors (Lipinski definition) is 4. The molecule has 0 bridgehead atoms. The number of aromatic nitrogens is 3. The van der Waals surface area contributed by atoms with Crippen molar-refractivity contribution in [1.29, 1.82) is 0 Å². The van der Waals surface area contributed by atoms with Crippen LogP contribution >= 0.6 is 11.3 Å². The molecule has 122 valence electrons. The minimum absolute atomic E-state index is 0. The van der Waals surface area contributed by atoms with E-state index in [-0.39, 0.29) is 15.8 Å². The molecule has 11 heteroatoms. The molecule has 6 N–H and O–H groups in total. The molecule has 4 atom stereocenters. The highest BCUT2D eigenvalue weighted by atomic mass is 32.1. The molecule has 2 aromatic rings. The van der Waals surface area contributed by atoms with Crippen molar-refractivity contribution in [3.8, 4) is 0 Å². The van der Waals surface area contributed by atoms with E-state index in [2.05, 4.69) is 9.97 Å². The van der Waals surface area contributed by atoms with Crippen LogP contribution < -0.4 is 10.4 Å². The number of aryl methyl sites for hydroxylation is 1. The summed E-state index contributed by atoms with van der Waals surface area (Å²) in [4.78, 5) is 29.9. The number of ether oxygens (including phenoxy) is 1. The van der Waals surface area contributed by atoms with Gasteiger partial charge in [-0.3, -0.25) is 14.2 Å². The summed E-state index contributed by atoms with van der Waals surface area (Å²) in [7, 11) is 0. The van der Waals surface area contributed by atoms with Gasteiger partial charge in [0.05, 0.1) is 6.61 Å². The Morgan fingerprint density at radius 1 is 1.36 bits per heavy atom. The number of aromatic amines is 1. The molecule has 2 aromatic heterocycles. The van der Waals surface area contributed by atoms with Gasteiger partial charge >= 0.3 is 4.87 Å². The van der Waals surface area contributed by atoms with Gasteiger partial charge in [-0.2, -0.15) is 0 Å². The molecule has 0 aromatic carbocycles. The quantitative estimate of drug-likeness (QED) is 0.461. The molecule has 1 aliphatic rings. The maximum Gasteiger partial charge on any atom is 0.311 e. The van der Waals surface area contributed by atoms with Crippen molar-refractivity contribution in [1.82, 2.24) is 14.5 Å². The number of nitrogens with one attached hydrogen (secondary N) is 1. The minimum Gasteiger partial charge on any atom is -0.412 e. The van der Waals surface area contributed by atoms with E-state index in [1.165, 1.54) is 0 Å². The molecule has 0 aliphatic carbocycles. The maximum atomic E-state index is 12.1. The van der Waals surface area contributed by atoms with Gasteiger partial charge in [-0.1, -0.05) is 11.3 Å². The molecule has 22 heavy (non-hydrogen) atoms. The van der Waals surface area contributed by atoms with Crippen LogP contribution in [0.4, 0.5) is 0 Å².